The molecule has 2 aliphatic carbocycles. The van der Waals surface area contributed by atoms with E-state index in [1.54, 1.807) is 4.90 Å². The van der Waals surface area contributed by atoms with E-state index in [0.29, 0.717) is 10.7 Å². The summed E-state index contributed by atoms with van der Waals surface area (Å²) in [5.41, 5.74) is -2.66. The number of carbonyl (C=O) groups excluding carboxylic acids is 3. The van der Waals surface area contributed by atoms with Crippen LogP contribution in [0.2, 0.25) is 5.02 Å². The molecule has 2 saturated carbocycles. The van der Waals surface area contributed by atoms with Gasteiger partial charge in [-0.15, -0.1) is 0 Å². The SMILES string of the molecule is COC(=O)c1ccc(-c2nn(C(=O)c3c(Cl)cccc3C(F)(F)F)c3cc(C(=O)N(C4CC4)C4CC4)cnc23)c(F)c1. The summed E-state index contributed by atoms with van der Waals surface area (Å²) in [5.74, 6) is -3.27. The Labute approximate surface area is 240 Å². The summed E-state index contributed by atoms with van der Waals surface area (Å²) in [7, 11) is 1.13. The minimum Gasteiger partial charge on any atom is -0.465 e. The second-order valence-corrected chi connectivity index (χ2v) is 10.6. The zero-order valence-corrected chi connectivity index (χ0v) is 22.7. The van der Waals surface area contributed by atoms with E-state index in [0.717, 1.165) is 51.0 Å². The normalized spacial score (nSPS) is 15.1. The summed E-state index contributed by atoms with van der Waals surface area (Å²) < 4.78 is 62.3. The molecule has 2 aromatic carbocycles. The number of aromatic nitrogens is 3. The average molecular weight is 601 g/mol. The highest BCUT2D eigenvalue weighted by Crippen LogP contribution is 2.40. The van der Waals surface area contributed by atoms with Crippen LogP contribution >= 0.6 is 11.6 Å². The molecule has 216 valence electrons. The summed E-state index contributed by atoms with van der Waals surface area (Å²) in [6.45, 7) is 0. The van der Waals surface area contributed by atoms with Crippen molar-refractivity contribution in [2.24, 2.45) is 0 Å². The molecule has 2 aliphatic rings. The molecule has 4 aromatic rings. The van der Waals surface area contributed by atoms with Gasteiger partial charge in [-0.25, -0.2) is 9.18 Å². The van der Waals surface area contributed by atoms with Gasteiger partial charge in [-0.1, -0.05) is 17.7 Å². The number of halogens is 5. The summed E-state index contributed by atoms with van der Waals surface area (Å²) in [6, 6.07) is 7.84. The number of esters is 1. The Morgan fingerprint density at radius 2 is 1.71 bits per heavy atom. The van der Waals surface area contributed by atoms with E-state index in [1.807, 2.05) is 0 Å². The smallest absolute Gasteiger partial charge is 0.417 e. The number of ether oxygens (including phenoxy) is 1. The van der Waals surface area contributed by atoms with Gasteiger partial charge in [0.05, 0.1) is 39.9 Å². The second-order valence-electron chi connectivity index (χ2n) is 10.2. The van der Waals surface area contributed by atoms with Crippen LogP contribution in [-0.2, 0) is 10.9 Å². The van der Waals surface area contributed by atoms with Crippen molar-refractivity contribution in [2.45, 2.75) is 43.9 Å². The van der Waals surface area contributed by atoms with Crippen molar-refractivity contribution in [3.8, 4) is 11.3 Å². The molecule has 42 heavy (non-hydrogen) atoms. The Hall–Kier alpha value is -4.32. The molecule has 0 saturated heterocycles. The summed E-state index contributed by atoms with van der Waals surface area (Å²) in [6.07, 6.45) is -0.179. The minimum absolute atomic E-state index is 0.0466. The molecule has 2 fully saturated rings. The van der Waals surface area contributed by atoms with E-state index in [1.165, 1.54) is 24.4 Å². The molecule has 0 bridgehead atoms. The maximum Gasteiger partial charge on any atom is 0.417 e. The van der Waals surface area contributed by atoms with Gasteiger partial charge in [0.1, 0.15) is 17.0 Å². The first-order valence-electron chi connectivity index (χ1n) is 13.0. The fraction of sp³-hybridized carbons (Fsp3) is 0.276. The van der Waals surface area contributed by atoms with Crippen LogP contribution in [0, 0.1) is 5.82 Å². The van der Waals surface area contributed by atoms with Crippen LogP contribution in [0.1, 0.15) is 62.3 Å². The van der Waals surface area contributed by atoms with Crippen molar-refractivity contribution in [1.29, 1.82) is 0 Å². The van der Waals surface area contributed by atoms with E-state index in [9.17, 15) is 27.6 Å². The highest BCUT2D eigenvalue weighted by Gasteiger charge is 2.43. The van der Waals surface area contributed by atoms with Crippen LogP contribution in [0.4, 0.5) is 17.6 Å². The number of pyridine rings is 1. The quantitative estimate of drug-likeness (QED) is 0.195. The monoisotopic (exact) mass is 600 g/mol. The van der Waals surface area contributed by atoms with Crippen molar-refractivity contribution in [3.05, 3.63) is 81.8 Å². The van der Waals surface area contributed by atoms with Gasteiger partial charge in [0.15, 0.2) is 0 Å². The fourth-order valence-electron chi connectivity index (χ4n) is 4.97. The van der Waals surface area contributed by atoms with Crippen molar-refractivity contribution >= 4 is 40.4 Å². The molecule has 2 aromatic heterocycles. The maximum atomic E-state index is 15.3. The average Bonchev–Trinajstić information content (AvgIpc) is 3.90. The second kappa shape index (κ2) is 10.2. The number of benzene rings is 2. The van der Waals surface area contributed by atoms with E-state index >= 15 is 4.39 Å². The molecule has 0 unspecified atom stereocenters. The summed E-state index contributed by atoms with van der Waals surface area (Å²) >= 11 is 6.11. The fourth-order valence-corrected chi connectivity index (χ4v) is 5.23. The highest BCUT2D eigenvalue weighted by molar-refractivity contribution is 6.34. The molecule has 0 atom stereocenters. The predicted octanol–water partition coefficient (Wildman–Crippen LogP) is 6.15. The van der Waals surface area contributed by atoms with Crippen LogP contribution in [0.3, 0.4) is 0 Å². The van der Waals surface area contributed by atoms with E-state index in [4.69, 9.17) is 11.6 Å². The number of alkyl halides is 3. The third-order valence-electron chi connectivity index (χ3n) is 7.25. The molecular formula is C29H21ClF4N4O4. The lowest BCUT2D eigenvalue weighted by molar-refractivity contribution is -0.137. The lowest BCUT2D eigenvalue weighted by atomic mass is 10.1. The van der Waals surface area contributed by atoms with Gasteiger partial charge >= 0.3 is 12.1 Å². The number of rotatable bonds is 6. The zero-order chi connectivity index (χ0) is 29.9. The first kappa shape index (κ1) is 27.8. The largest absolute Gasteiger partial charge is 0.465 e. The topological polar surface area (TPSA) is 94.4 Å². The maximum absolute atomic E-state index is 15.3. The van der Waals surface area contributed by atoms with Gasteiger partial charge in [-0.05, 0) is 62.1 Å². The van der Waals surface area contributed by atoms with Crippen molar-refractivity contribution in [3.63, 3.8) is 0 Å². The van der Waals surface area contributed by atoms with Gasteiger partial charge in [-0.3, -0.25) is 14.6 Å². The van der Waals surface area contributed by atoms with Gasteiger partial charge in [0.2, 0.25) is 0 Å². The van der Waals surface area contributed by atoms with Crippen LogP contribution in [0.5, 0.6) is 0 Å². The predicted molar refractivity (Wildman–Crippen MR) is 143 cm³/mol. The number of fused-ring (bicyclic) bond motifs is 1. The third kappa shape index (κ3) is 4.89. The van der Waals surface area contributed by atoms with Crippen molar-refractivity contribution < 1.29 is 36.7 Å². The molecule has 0 radical (unpaired) electrons. The van der Waals surface area contributed by atoms with Crippen LogP contribution in [-0.4, -0.2) is 56.6 Å². The van der Waals surface area contributed by atoms with Crippen LogP contribution < -0.4 is 0 Å². The molecule has 2 heterocycles. The Kier molecular flexibility index (Phi) is 6.76. The minimum atomic E-state index is -4.92. The van der Waals surface area contributed by atoms with E-state index < -0.39 is 40.0 Å². The molecule has 1 amide bonds. The first-order chi connectivity index (χ1) is 20.0. The summed E-state index contributed by atoms with van der Waals surface area (Å²) in [5, 5.41) is 3.72. The third-order valence-corrected chi connectivity index (χ3v) is 7.57. The van der Waals surface area contributed by atoms with Crippen molar-refractivity contribution in [1.82, 2.24) is 19.7 Å². The molecule has 0 aliphatic heterocycles. The Morgan fingerprint density at radius 1 is 1.02 bits per heavy atom. The Balaban J connectivity index is 1.54. The van der Waals surface area contributed by atoms with Gasteiger partial charge in [0, 0.05) is 23.8 Å². The number of hydrogen-bond acceptors (Lipinski definition) is 6. The summed E-state index contributed by atoms with van der Waals surface area (Å²) in [4.78, 5) is 45.2. The number of amides is 1. The molecule has 0 N–H and O–H groups in total. The molecule has 13 heteroatoms. The van der Waals surface area contributed by atoms with Gasteiger partial charge in [0.25, 0.3) is 11.8 Å². The lowest BCUT2D eigenvalue weighted by Crippen LogP contribution is -2.35. The molecular weight excluding hydrogens is 580 g/mol. The number of nitrogens with zero attached hydrogens (tertiary/aromatic N) is 4. The first-order valence-corrected chi connectivity index (χ1v) is 13.4. The van der Waals surface area contributed by atoms with Gasteiger partial charge < -0.3 is 9.64 Å². The van der Waals surface area contributed by atoms with Crippen molar-refractivity contribution in [2.75, 3.05) is 7.11 Å². The standard InChI is InChI=1S/C29H21ClF4N4O4/c1-42-28(41)14-5-10-18(21(31)11-14)24-25-22(12-15(13-35-25)26(39)37(16-6-7-16)17-8-9-17)38(36-24)27(40)23-19(29(32,33)34)3-2-4-20(23)30/h2-5,10-13,16-17H,6-9H2,1H3. The highest BCUT2D eigenvalue weighted by atomic mass is 35.5. The van der Waals surface area contributed by atoms with Gasteiger partial charge in [-0.2, -0.15) is 23.0 Å². The molecule has 0 spiro atoms. The van der Waals surface area contributed by atoms with Crippen LogP contribution in [0.15, 0.2) is 48.7 Å². The number of methoxy groups -OCH3 is 1. The Bertz CT molecular complexity index is 1770. The molecule has 6 rings (SSSR count). The zero-order valence-electron chi connectivity index (χ0n) is 21.9. The van der Waals surface area contributed by atoms with Crippen LogP contribution in [0.25, 0.3) is 22.3 Å². The van der Waals surface area contributed by atoms with E-state index in [-0.39, 0.29) is 51.4 Å². The number of carbonyl (C=O) groups is 3. The lowest BCUT2D eigenvalue weighted by Gasteiger charge is -2.22. The Morgan fingerprint density at radius 3 is 2.31 bits per heavy atom. The van der Waals surface area contributed by atoms with E-state index in [2.05, 4.69) is 14.8 Å². The number of hydrogen-bond donors (Lipinski definition) is 0. The molecule has 8 nitrogen and oxygen atoms in total.